The van der Waals surface area contributed by atoms with Gasteiger partial charge in [0, 0.05) is 30.6 Å². The summed E-state index contributed by atoms with van der Waals surface area (Å²) in [6.45, 7) is 2.04. The van der Waals surface area contributed by atoms with Gasteiger partial charge < -0.3 is 9.13 Å². The van der Waals surface area contributed by atoms with Crippen molar-refractivity contribution in [2.45, 2.75) is 63.8 Å². The first-order chi connectivity index (χ1) is 18.2. The number of benzene rings is 1. The molecule has 8 nitrogen and oxygen atoms in total. The third-order valence-electron chi connectivity index (χ3n) is 7.80. The lowest BCUT2D eigenvalue weighted by atomic mass is 9.95. The molecule has 2 fully saturated rings. The SMILES string of the molecule is Cc1cc2ncn(-c3cccc(-c4nccn4C4CCCCC4)n3)c(=O)c2cc1-n1cnc(C2CC2)c1. The standard InChI is InChI=1S/C29H29N7O/c1-19-14-24-22(15-26(19)34-16-25(31-17-34)20-10-11-20)29(37)36(18-32-24)27-9-5-8-23(33-27)28-30-12-13-35(28)21-6-3-2-4-7-21/h5,8-9,12-18,20-21H,2-4,6-7,10-11H2,1H3. The predicted octanol–water partition coefficient (Wildman–Crippen LogP) is 5.52. The van der Waals surface area contributed by atoms with Gasteiger partial charge in [0.15, 0.2) is 5.82 Å². The Bertz CT molecular complexity index is 1670. The highest BCUT2D eigenvalue weighted by Gasteiger charge is 2.26. The van der Waals surface area contributed by atoms with E-state index in [1.165, 1.54) is 36.7 Å². The minimum Gasteiger partial charge on any atom is -0.327 e. The maximum atomic E-state index is 13.7. The molecule has 0 saturated heterocycles. The van der Waals surface area contributed by atoms with Crippen LogP contribution in [0.4, 0.5) is 0 Å². The summed E-state index contributed by atoms with van der Waals surface area (Å²) in [6.07, 6.45) is 17.9. The van der Waals surface area contributed by atoms with Gasteiger partial charge in [0.25, 0.3) is 5.56 Å². The maximum Gasteiger partial charge on any atom is 0.267 e. The second-order valence-electron chi connectivity index (χ2n) is 10.4. The van der Waals surface area contributed by atoms with Gasteiger partial charge in [-0.3, -0.25) is 9.36 Å². The summed E-state index contributed by atoms with van der Waals surface area (Å²) in [4.78, 5) is 32.4. The molecule has 1 aromatic carbocycles. The number of pyridine rings is 1. The molecule has 0 N–H and O–H groups in total. The first kappa shape index (κ1) is 22.2. The summed E-state index contributed by atoms with van der Waals surface area (Å²) in [5, 5.41) is 0.556. The number of nitrogens with zero attached hydrogens (tertiary/aromatic N) is 7. The highest BCUT2D eigenvalue weighted by Crippen LogP contribution is 2.39. The van der Waals surface area contributed by atoms with E-state index in [1.807, 2.05) is 54.3 Å². The lowest BCUT2D eigenvalue weighted by molar-refractivity contribution is 0.355. The first-order valence-corrected chi connectivity index (χ1v) is 13.2. The summed E-state index contributed by atoms with van der Waals surface area (Å²) < 4.78 is 5.80. The monoisotopic (exact) mass is 491 g/mol. The van der Waals surface area contributed by atoms with E-state index < -0.39 is 0 Å². The number of imidazole rings is 2. The normalized spacial score (nSPS) is 16.5. The molecule has 4 heterocycles. The Morgan fingerprint density at radius 2 is 1.81 bits per heavy atom. The van der Waals surface area contributed by atoms with Gasteiger partial charge in [-0.1, -0.05) is 25.3 Å². The van der Waals surface area contributed by atoms with Gasteiger partial charge in [-0.2, -0.15) is 0 Å². The molecule has 5 aromatic rings. The Balaban J connectivity index is 1.29. The Labute approximate surface area is 214 Å². The molecule has 186 valence electrons. The van der Waals surface area contributed by atoms with Gasteiger partial charge in [0.2, 0.25) is 0 Å². The van der Waals surface area contributed by atoms with Crippen LogP contribution >= 0.6 is 0 Å². The smallest absolute Gasteiger partial charge is 0.267 e. The van der Waals surface area contributed by atoms with Crippen LogP contribution in [0.25, 0.3) is 33.9 Å². The third-order valence-corrected chi connectivity index (χ3v) is 7.80. The topological polar surface area (TPSA) is 83.4 Å². The Morgan fingerprint density at radius 1 is 0.946 bits per heavy atom. The zero-order valence-electron chi connectivity index (χ0n) is 20.9. The van der Waals surface area contributed by atoms with Gasteiger partial charge >= 0.3 is 0 Å². The largest absolute Gasteiger partial charge is 0.327 e. The minimum atomic E-state index is -0.144. The summed E-state index contributed by atoms with van der Waals surface area (Å²) in [5.41, 5.74) is 4.40. The van der Waals surface area contributed by atoms with Gasteiger partial charge in [-0.25, -0.2) is 19.9 Å². The summed E-state index contributed by atoms with van der Waals surface area (Å²) in [5.74, 6) is 1.96. The van der Waals surface area contributed by atoms with Crippen LogP contribution in [0, 0.1) is 6.92 Å². The lowest BCUT2D eigenvalue weighted by Crippen LogP contribution is -2.20. The molecule has 0 amide bonds. The van der Waals surface area contributed by atoms with E-state index >= 15 is 0 Å². The molecular formula is C29H29N7O. The van der Waals surface area contributed by atoms with Crippen LogP contribution in [0.5, 0.6) is 0 Å². The first-order valence-electron chi connectivity index (χ1n) is 13.2. The Hall–Kier alpha value is -4.07. The summed E-state index contributed by atoms with van der Waals surface area (Å²) >= 11 is 0. The molecule has 2 aliphatic rings. The third kappa shape index (κ3) is 3.97. The van der Waals surface area contributed by atoms with Crippen molar-refractivity contribution in [2.75, 3.05) is 0 Å². The van der Waals surface area contributed by atoms with Gasteiger partial charge in [0.1, 0.15) is 17.8 Å². The molecule has 7 rings (SSSR count). The highest BCUT2D eigenvalue weighted by molar-refractivity contribution is 5.81. The van der Waals surface area contributed by atoms with Crippen molar-refractivity contribution in [1.82, 2.24) is 33.6 Å². The predicted molar refractivity (Wildman–Crippen MR) is 142 cm³/mol. The van der Waals surface area contributed by atoms with Crippen molar-refractivity contribution < 1.29 is 0 Å². The van der Waals surface area contributed by atoms with Crippen LogP contribution in [-0.2, 0) is 0 Å². The fraction of sp³-hybridized carbons (Fsp3) is 0.345. The van der Waals surface area contributed by atoms with E-state index in [4.69, 9.17) is 4.98 Å². The molecule has 0 atom stereocenters. The molecule has 2 saturated carbocycles. The molecular weight excluding hydrogens is 462 g/mol. The van der Waals surface area contributed by atoms with E-state index in [0.29, 0.717) is 28.7 Å². The van der Waals surface area contributed by atoms with Crippen LogP contribution in [-0.4, -0.2) is 33.6 Å². The zero-order valence-corrected chi connectivity index (χ0v) is 20.9. The number of aromatic nitrogens is 7. The number of rotatable bonds is 5. The van der Waals surface area contributed by atoms with Crippen molar-refractivity contribution in [3.63, 3.8) is 0 Å². The summed E-state index contributed by atoms with van der Waals surface area (Å²) in [6, 6.07) is 10.1. The molecule has 4 aromatic heterocycles. The average molecular weight is 492 g/mol. The zero-order chi connectivity index (χ0) is 24.9. The average Bonchev–Trinajstić information content (AvgIpc) is 3.45. The minimum absolute atomic E-state index is 0.144. The summed E-state index contributed by atoms with van der Waals surface area (Å²) in [7, 11) is 0. The van der Waals surface area contributed by atoms with Crippen molar-refractivity contribution in [2.24, 2.45) is 0 Å². The van der Waals surface area contributed by atoms with Crippen molar-refractivity contribution in [1.29, 1.82) is 0 Å². The lowest BCUT2D eigenvalue weighted by Gasteiger charge is -2.24. The molecule has 2 aliphatic carbocycles. The van der Waals surface area contributed by atoms with Crippen LogP contribution in [0.3, 0.4) is 0 Å². The number of hydrogen-bond donors (Lipinski definition) is 0. The molecule has 0 spiro atoms. The van der Waals surface area contributed by atoms with Crippen LogP contribution in [0.15, 0.2) is 66.4 Å². The van der Waals surface area contributed by atoms with E-state index in [0.717, 1.165) is 41.3 Å². The second-order valence-corrected chi connectivity index (χ2v) is 10.4. The quantitative estimate of drug-likeness (QED) is 0.323. The van der Waals surface area contributed by atoms with E-state index in [2.05, 4.69) is 31.9 Å². The van der Waals surface area contributed by atoms with Crippen LogP contribution in [0.2, 0.25) is 0 Å². The highest BCUT2D eigenvalue weighted by atomic mass is 16.1. The number of hydrogen-bond acceptors (Lipinski definition) is 5. The maximum absolute atomic E-state index is 13.7. The molecule has 37 heavy (non-hydrogen) atoms. The Morgan fingerprint density at radius 3 is 2.65 bits per heavy atom. The van der Waals surface area contributed by atoms with Crippen LogP contribution < -0.4 is 5.56 Å². The van der Waals surface area contributed by atoms with E-state index in [1.54, 1.807) is 6.33 Å². The van der Waals surface area contributed by atoms with Crippen LogP contribution in [0.1, 0.15) is 68.2 Å². The van der Waals surface area contributed by atoms with Gasteiger partial charge in [-0.05, 0) is 62.4 Å². The molecule has 8 heteroatoms. The number of aryl methyl sites for hydroxylation is 1. The fourth-order valence-corrected chi connectivity index (χ4v) is 5.61. The fourth-order valence-electron chi connectivity index (χ4n) is 5.61. The van der Waals surface area contributed by atoms with E-state index in [-0.39, 0.29) is 5.56 Å². The molecule has 0 radical (unpaired) electrons. The molecule has 0 unspecified atom stereocenters. The van der Waals surface area contributed by atoms with Gasteiger partial charge in [-0.15, -0.1) is 0 Å². The van der Waals surface area contributed by atoms with E-state index in [9.17, 15) is 4.79 Å². The Kier molecular flexibility index (Phi) is 5.27. The number of fused-ring (bicyclic) bond motifs is 1. The second kappa shape index (κ2) is 8.80. The van der Waals surface area contributed by atoms with Gasteiger partial charge in [0.05, 0.1) is 28.6 Å². The van der Waals surface area contributed by atoms with Crippen molar-refractivity contribution >= 4 is 10.9 Å². The molecule has 0 bridgehead atoms. The molecule has 0 aliphatic heterocycles. The van der Waals surface area contributed by atoms with Crippen molar-refractivity contribution in [3.05, 3.63) is 83.2 Å². The van der Waals surface area contributed by atoms with Crippen molar-refractivity contribution in [3.8, 4) is 23.0 Å².